The van der Waals surface area contributed by atoms with E-state index < -0.39 is 35.6 Å². The highest BCUT2D eigenvalue weighted by atomic mass is 16.6. The number of rotatable bonds is 12. The van der Waals surface area contributed by atoms with Gasteiger partial charge in [-0.2, -0.15) is 0 Å². The minimum absolute atomic E-state index is 0.0246. The van der Waals surface area contributed by atoms with E-state index in [0.29, 0.717) is 12.0 Å². The van der Waals surface area contributed by atoms with Crippen LogP contribution in [0.25, 0.3) is 0 Å². The maximum atomic E-state index is 13.8. The van der Waals surface area contributed by atoms with Gasteiger partial charge in [0.15, 0.2) is 0 Å². The SMILES string of the molecule is CCCC(C)NC(=O)C(c1ccc(O)cc1)N(CCO)C(=O)C(CC(C)C)NC(=O)OC(C)(C)C. The molecular formula is C26H43N3O6. The molecule has 0 spiro atoms. The van der Waals surface area contributed by atoms with E-state index in [4.69, 9.17) is 4.74 Å². The molecule has 0 saturated carbocycles. The van der Waals surface area contributed by atoms with E-state index in [0.717, 1.165) is 12.8 Å². The Morgan fingerprint density at radius 2 is 1.66 bits per heavy atom. The first-order chi connectivity index (χ1) is 16.3. The second-order valence-corrected chi connectivity index (χ2v) is 10.3. The van der Waals surface area contributed by atoms with Gasteiger partial charge < -0.3 is 30.5 Å². The smallest absolute Gasteiger partial charge is 0.408 e. The quantitative estimate of drug-likeness (QED) is 0.353. The van der Waals surface area contributed by atoms with Gasteiger partial charge in [-0.1, -0.05) is 39.3 Å². The molecule has 4 N–H and O–H groups in total. The van der Waals surface area contributed by atoms with Crippen molar-refractivity contribution in [3.8, 4) is 5.75 Å². The van der Waals surface area contributed by atoms with E-state index >= 15 is 0 Å². The molecule has 0 aliphatic rings. The van der Waals surface area contributed by atoms with Crippen molar-refractivity contribution < 1.29 is 29.3 Å². The van der Waals surface area contributed by atoms with Gasteiger partial charge in [0.05, 0.1) is 6.61 Å². The fourth-order valence-corrected chi connectivity index (χ4v) is 3.77. The topological polar surface area (TPSA) is 128 Å². The Bertz CT molecular complexity index is 819. The zero-order valence-electron chi connectivity index (χ0n) is 22.1. The number of nitrogens with zero attached hydrogens (tertiary/aromatic N) is 1. The van der Waals surface area contributed by atoms with Crippen LogP contribution >= 0.6 is 0 Å². The van der Waals surface area contributed by atoms with Crippen LogP contribution in [0.4, 0.5) is 4.79 Å². The molecule has 1 aromatic carbocycles. The zero-order chi connectivity index (χ0) is 26.8. The average molecular weight is 494 g/mol. The van der Waals surface area contributed by atoms with Gasteiger partial charge in [0.25, 0.3) is 0 Å². The fraction of sp³-hybridized carbons (Fsp3) is 0.654. The lowest BCUT2D eigenvalue weighted by Gasteiger charge is -2.35. The van der Waals surface area contributed by atoms with Crippen molar-refractivity contribution in [1.82, 2.24) is 15.5 Å². The Morgan fingerprint density at radius 3 is 2.14 bits per heavy atom. The Hall–Kier alpha value is -2.81. The highest BCUT2D eigenvalue weighted by molar-refractivity contribution is 5.92. The van der Waals surface area contributed by atoms with E-state index in [1.807, 2.05) is 27.7 Å². The summed E-state index contributed by atoms with van der Waals surface area (Å²) >= 11 is 0. The molecule has 1 rings (SSSR count). The monoisotopic (exact) mass is 493 g/mol. The number of hydrogen-bond acceptors (Lipinski definition) is 6. The van der Waals surface area contributed by atoms with Crippen molar-refractivity contribution in [2.75, 3.05) is 13.2 Å². The predicted molar refractivity (Wildman–Crippen MR) is 135 cm³/mol. The van der Waals surface area contributed by atoms with Crippen LogP contribution in [0.1, 0.15) is 79.3 Å². The zero-order valence-corrected chi connectivity index (χ0v) is 22.1. The molecular weight excluding hydrogens is 450 g/mol. The molecule has 0 fully saturated rings. The molecule has 0 saturated heterocycles. The van der Waals surface area contributed by atoms with Gasteiger partial charge in [-0.3, -0.25) is 9.59 Å². The number of aromatic hydroxyl groups is 1. The number of carbonyl (C=O) groups excluding carboxylic acids is 3. The highest BCUT2D eigenvalue weighted by Gasteiger charge is 2.36. The molecule has 3 atom stereocenters. The molecule has 9 nitrogen and oxygen atoms in total. The number of benzene rings is 1. The lowest BCUT2D eigenvalue weighted by atomic mass is 9.99. The molecule has 0 bridgehead atoms. The number of hydrogen-bond donors (Lipinski definition) is 4. The van der Waals surface area contributed by atoms with E-state index in [2.05, 4.69) is 10.6 Å². The fourth-order valence-electron chi connectivity index (χ4n) is 3.77. The van der Waals surface area contributed by atoms with Gasteiger partial charge in [0.1, 0.15) is 23.4 Å². The first-order valence-electron chi connectivity index (χ1n) is 12.3. The Labute approximate surface area is 209 Å². The molecule has 0 radical (unpaired) electrons. The molecule has 198 valence electrons. The number of aliphatic hydroxyl groups excluding tert-OH is 1. The number of carbonyl (C=O) groups is 3. The van der Waals surface area contributed by atoms with Crippen LogP contribution in [0.3, 0.4) is 0 Å². The van der Waals surface area contributed by atoms with Crippen LogP contribution in [0.15, 0.2) is 24.3 Å². The van der Waals surface area contributed by atoms with Gasteiger partial charge in [-0.05, 0) is 64.2 Å². The van der Waals surface area contributed by atoms with E-state index in [1.54, 1.807) is 32.9 Å². The summed E-state index contributed by atoms with van der Waals surface area (Å²) in [5.41, 5.74) is -0.268. The number of ether oxygens (including phenoxy) is 1. The van der Waals surface area contributed by atoms with Crippen LogP contribution in [-0.2, 0) is 14.3 Å². The third-order valence-corrected chi connectivity index (χ3v) is 5.20. The van der Waals surface area contributed by atoms with Crippen LogP contribution in [-0.4, -0.2) is 63.9 Å². The minimum Gasteiger partial charge on any atom is -0.508 e. The summed E-state index contributed by atoms with van der Waals surface area (Å²) in [6, 6.07) is 3.88. The van der Waals surface area contributed by atoms with Crippen molar-refractivity contribution in [1.29, 1.82) is 0 Å². The second-order valence-electron chi connectivity index (χ2n) is 10.3. The number of aliphatic hydroxyl groups is 1. The number of alkyl carbamates (subject to hydrolysis) is 1. The van der Waals surface area contributed by atoms with Crippen molar-refractivity contribution in [3.05, 3.63) is 29.8 Å². The molecule has 35 heavy (non-hydrogen) atoms. The summed E-state index contributed by atoms with van der Waals surface area (Å²) < 4.78 is 5.35. The molecule has 0 aromatic heterocycles. The van der Waals surface area contributed by atoms with Crippen molar-refractivity contribution in [3.63, 3.8) is 0 Å². The van der Waals surface area contributed by atoms with Crippen LogP contribution < -0.4 is 10.6 Å². The number of nitrogens with one attached hydrogen (secondary N) is 2. The van der Waals surface area contributed by atoms with Gasteiger partial charge in [0.2, 0.25) is 11.8 Å². The number of phenols is 1. The molecule has 0 aliphatic heterocycles. The largest absolute Gasteiger partial charge is 0.508 e. The molecule has 9 heteroatoms. The van der Waals surface area contributed by atoms with Gasteiger partial charge in [-0.15, -0.1) is 0 Å². The van der Waals surface area contributed by atoms with Gasteiger partial charge in [0, 0.05) is 12.6 Å². The Kier molecular flexibility index (Phi) is 12.0. The van der Waals surface area contributed by atoms with Crippen molar-refractivity contribution >= 4 is 17.9 Å². The number of phenolic OH excluding ortho intramolecular Hbond substituents is 1. The van der Waals surface area contributed by atoms with Crippen LogP contribution in [0, 0.1) is 5.92 Å². The normalized spacial score (nSPS) is 14.1. The van der Waals surface area contributed by atoms with Crippen LogP contribution in [0.5, 0.6) is 5.75 Å². The first-order valence-corrected chi connectivity index (χ1v) is 12.3. The molecule has 0 aliphatic carbocycles. The molecule has 3 amide bonds. The first kappa shape index (κ1) is 30.2. The maximum absolute atomic E-state index is 13.8. The Morgan fingerprint density at radius 1 is 1.06 bits per heavy atom. The summed E-state index contributed by atoms with van der Waals surface area (Å²) in [4.78, 5) is 41.0. The molecule has 1 aromatic rings. The highest BCUT2D eigenvalue weighted by Crippen LogP contribution is 2.25. The van der Waals surface area contributed by atoms with Crippen molar-refractivity contribution in [2.45, 2.75) is 91.5 Å². The summed E-state index contributed by atoms with van der Waals surface area (Å²) in [6.07, 6.45) is 1.22. The van der Waals surface area contributed by atoms with E-state index in [1.165, 1.54) is 17.0 Å². The van der Waals surface area contributed by atoms with Gasteiger partial charge >= 0.3 is 6.09 Å². The molecule has 0 heterocycles. The van der Waals surface area contributed by atoms with E-state index in [-0.39, 0.29) is 30.9 Å². The summed E-state index contributed by atoms with van der Waals surface area (Å²) in [5, 5.41) is 25.1. The summed E-state index contributed by atoms with van der Waals surface area (Å²) in [7, 11) is 0. The Balaban J connectivity index is 3.40. The van der Waals surface area contributed by atoms with Crippen molar-refractivity contribution in [2.24, 2.45) is 5.92 Å². The average Bonchev–Trinajstić information content (AvgIpc) is 2.72. The number of amides is 3. The predicted octanol–water partition coefficient (Wildman–Crippen LogP) is 3.50. The summed E-state index contributed by atoms with van der Waals surface area (Å²) in [6.45, 7) is 12.4. The lowest BCUT2D eigenvalue weighted by Crippen LogP contribution is -2.54. The molecule has 3 unspecified atom stereocenters. The third-order valence-electron chi connectivity index (χ3n) is 5.20. The standard InChI is InChI=1S/C26H43N3O6/c1-8-9-18(4)27-23(32)22(19-10-12-20(31)13-11-19)29(14-15-30)24(33)21(16-17(2)3)28-25(34)35-26(5,6)7/h10-13,17-18,21-22,30-31H,8-9,14-16H2,1-7H3,(H,27,32)(H,28,34). The van der Waals surface area contributed by atoms with E-state index in [9.17, 15) is 24.6 Å². The lowest BCUT2D eigenvalue weighted by molar-refractivity contribution is -0.143. The van der Waals surface area contributed by atoms with Gasteiger partial charge in [-0.25, -0.2) is 4.79 Å². The minimum atomic E-state index is -1.07. The second kappa shape index (κ2) is 13.9. The summed E-state index contributed by atoms with van der Waals surface area (Å²) in [5.74, 6) is -0.828. The maximum Gasteiger partial charge on any atom is 0.408 e. The van der Waals surface area contributed by atoms with Crippen LogP contribution in [0.2, 0.25) is 0 Å². The third kappa shape index (κ3) is 10.5.